The Morgan fingerprint density at radius 1 is 1.48 bits per heavy atom. The van der Waals surface area contributed by atoms with E-state index in [0.717, 1.165) is 5.69 Å². The molecule has 140 valence electrons. The normalized spacial score (nSPS) is 19.6. The number of amides is 1. The summed E-state index contributed by atoms with van der Waals surface area (Å²) in [7, 11) is 2.65. The van der Waals surface area contributed by atoms with Gasteiger partial charge in [0.15, 0.2) is 15.8 Å². The molecule has 1 saturated heterocycles. The molecule has 1 amide bonds. The number of nitrogens with zero attached hydrogens (tertiary/aromatic N) is 3. The van der Waals surface area contributed by atoms with Crippen molar-refractivity contribution in [2.24, 2.45) is 12.0 Å². The third-order valence-corrected chi connectivity index (χ3v) is 6.02. The second kappa shape index (κ2) is 8.37. The molecule has 1 aliphatic rings. The molecule has 1 fully saturated rings. The number of carbonyl (C=O) groups is 1. The summed E-state index contributed by atoms with van der Waals surface area (Å²) < 4.78 is 24.9. The number of aliphatic imine (C=N–C) groups is 1. The van der Waals surface area contributed by atoms with E-state index in [9.17, 15) is 13.2 Å². The molecular formula is C16H27N5O3S. The lowest BCUT2D eigenvalue weighted by Gasteiger charge is -2.22. The molecule has 0 aliphatic carbocycles. The fraction of sp³-hybridized carbons (Fsp3) is 0.625. The van der Waals surface area contributed by atoms with E-state index in [0.29, 0.717) is 25.5 Å². The summed E-state index contributed by atoms with van der Waals surface area (Å²) in [6.45, 7) is 1.14. The van der Waals surface area contributed by atoms with Gasteiger partial charge in [0.05, 0.1) is 18.1 Å². The van der Waals surface area contributed by atoms with Crippen LogP contribution in [0.2, 0.25) is 0 Å². The summed E-state index contributed by atoms with van der Waals surface area (Å²) in [5.41, 5.74) is 1.16. The van der Waals surface area contributed by atoms with Crippen LogP contribution in [0.5, 0.6) is 0 Å². The summed E-state index contributed by atoms with van der Waals surface area (Å²) in [5.74, 6) is 0.771. The van der Waals surface area contributed by atoms with E-state index < -0.39 is 9.84 Å². The first-order valence-electron chi connectivity index (χ1n) is 8.32. The minimum Gasteiger partial charge on any atom is -0.356 e. The quantitative estimate of drug-likeness (QED) is 0.531. The zero-order chi connectivity index (χ0) is 18.4. The summed E-state index contributed by atoms with van der Waals surface area (Å²) >= 11 is 0. The van der Waals surface area contributed by atoms with E-state index in [-0.39, 0.29) is 29.9 Å². The Labute approximate surface area is 149 Å². The minimum absolute atomic E-state index is 0.0488. The van der Waals surface area contributed by atoms with Crippen molar-refractivity contribution in [3.8, 4) is 0 Å². The number of sulfone groups is 1. The van der Waals surface area contributed by atoms with Crippen LogP contribution in [-0.2, 0) is 28.2 Å². The summed E-state index contributed by atoms with van der Waals surface area (Å²) in [5, 5.41) is 5.95. The van der Waals surface area contributed by atoms with Gasteiger partial charge in [0.2, 0.25) is 5.91 Å². The number of hydrogen-bond donors (Lipinski definition) is 2. The van der Waals surface area contributed by atoms with E-state index in [2.05, 4.69) is 15.6 Å². The van der Waals surface area contributed by atoms with Gasteiger partial charge in [0, 0.05) is 52.0 Å². The number of carbonyl (C=O) groups excluding carboxylic acids is 1. The van der Waals surface area contributed by atoms with Gasteiger partial charge in [-0.05, 0) is 18.6 Å². The summed E-state index contributed by atoms with van der Waals surface area (Å²) in [6.07, 6.45) is 2.77. The first-order chi connectivity index (χ1) is 11.8. The van der Waals surface area contributed by atoms with Crippen LogP contribution in [0.15, 0.2) is 23.3 Å². The molecule has 0 aromatic carbocycles. The van der Waals surface area contributed by atoms with Gasteiger partial charge in [-0.2, -0.15) is 0 Å². The Kier molecular flexibility index (Phi) is 6.46. The summed E-state index contributed by atoms with van der Waals surface area (Å²) in [4.78, 5) is 18.2. The topological polar surface area (TPSA) is 95.8 Å². The van der Waals surface area contributed by atoms with Gasteiger partial charge in [-0.15, -0.1) is 0 Å². The van der Waals surface area contributed by atoms with E-state index in [1.54, 1.807) is 7.05 Å². The van der Waals surface area contributed by atoms with Crippen LogP contribution < -0.4 is 10.6 Å². The van der Waals surface area contributed by atoms with E-state index >= 15 is 0 Å². The lowest BCUT2D eigenvalue weighted by molar-refractivity contribution is -0.121. The van der Waals surface area contributed by atoms with Gasteiger partial charge < -0.3 is 20.1 Å². The highest BCUT2D eigenvalue weighted by Crippen LogP contribution is 2.11. The van der Waals surface area contributed by atoms with E-state index in [1.807, 2.05) is 41.9 Å². The standard InChI is InChI=1S/C16H27N5O3S/c1-17-16(21(3)11-14-5-4-9-20(14)2)18-8-6-15(22)19-13-7-10-25(23,24)12-13/h4-5,9,13H,6-8,10-12H2,1-3H3,(H,17,18)(H,19,22). The van der Waals surface area contributed by atoms with Crippen LogP contribution in [0, 0.1) is 0 Å². The van der Waals surface area contributed by atoms with Crippen LogP contribution in [0.3, 0.4) is 0 Å². The van der Waals surface area contributed by atoms with Gasteiger partial charge in [0.25, 0.3) is 0 Å². The maximum Gasteiger partial charge on any atom is 0.222 e. The fourth-order valence-corrected chi connectivity index (χ4v) is 4.53. The molecule has 0 saturated carbocycles. The Morgan fingerprint density at radius 3 is 2.80 bits per heavy atom. The summed E-state index contributed by atoms with van der Waals surface area (Å²) in [6, 6.07) is 3.79. The van der Waals surface area contributed by atoms with Crippen molar-refractivity contribution in [3.05, 3.63) is 24.0 Å². The molecular weight excluding hydrogens is 342 g/mol. The predicted octanol–water partition coefficient (Wildman–Crippen LogP) is -0.274. The van der Waals surface area contributed by atoms with Crippen LogP contribution >= 0.6 is 0 Å². The molecule has 1 aromatic heterocycles. The monoisotopic (exact) mass is 369 g/mol. The SMILES string of the molecule is CN=C(NCCC(=O)NC1CCS(=O)(=O)C1)N(C)Cc1cccn1C. The van der Waals surface area contributed by atoms with Crippen LogP contribution in [0.25, 0.3) is 0 Å². The second-order valence-electron chi connectivity index (χ2n) is 6.36. The van der Waals surface area contributed by atoms with Crippen molar-refractivity contribution in [2.45, 2.75) is 25.4 Å². The highest BCUT2D eigenvalue weighted by Gasteiger charge is 2.28. The van der Waals surface area contributed by atoms with E-state index in [4.69, 9.17) is 0 Å². The van der Waals surface area contributed by atoms with Crippen LogP contribution in [0.1, 0.15) is 18.5 Å². The van der Waals surface area contributed by atoms with E-state index in [1.165, 1.54) is 0 Å². The third-order valence-electron chi connectivity index (χ3n) is 4.26. The molecule has 2 heterocycles. The highest BCUT2D eigenvalue weighted by atomic mass is 32.2. The van der Waals surface area contributed by atoms with Gasteiger partial charge in [-0.3, -0.25) is 9.79 Å². The fourth-order valence-electron chi connectivity index (χ4n) is 2.86. The average Bonchev–Trinajstić information content (AvgIpc) is 3.09. The number of nitrogens with one attached hydrogen (secondary N) is 2. The smallest absolute Gasteiger partial charge is 0.222 e. The van der Waals surface area contributed by atoms with Gasteiger partial charge in [0.1, 0.15) is 0 Å². The third kappa shape index (κ3) is 5.77. The molecule has 9 heteroatoms. The molecule has 0 bridgehead atoms. The molecule has 1 aliphatic heterocycles. The number of aryl methyl sites for hydroxylation is 1. The lowest BCUT2D eigenvalue weighted by Crippen LogP contribution is -2.41. The molecule has 8 nitrogen and oxygen atoms in total. The zero-order valence-corrected chi connectivity index (χ0v) is 15.8. The van der Waals surface area contributed by atoms with Gasteiger partial charge >= 0.3 is 0 Å². The highest BCUT2D eigenvalue weighted by molar-refractivity contribution is 7.91. The van der Waals surface area contributed by atoms with Crippen molar-refractivity contribution >= 4 is 21.7 Å². The van der Waals surface area contributed by atoms with Crippen molar-refractivity contribution in [2.75, 3.05) is 32.1 Å². The molecule has 2 rings (SSSR count). The van der Waals surface area contributed by atoms with Crippen molar-refractivity contribution in [3.63, 3.8) is 0 Å². The zero-order valence-electron chi connectivity index (χ0n) is 15.0. The number of hydrogen-bond acceptors (Lipinski definition) is 4. The predicted molar refractivity (Wildman–Crippen MR) is 98.1 cm³/mol. The minimum atomic E-state index is -2.98. The lowest BCUT2D eigenvalue weighted by atomic mass is 10.2. The first kappa shape index (κ1) is 19.3. The molecule has 0 spiro atoms. The molecule has 1 aromatic rings. The molecule has 0 radical (unpaired) electrons. The van der Waals surface area contributed by atoms with Gasteiger partial charge in [-0.1, -0.05) is 0 Å². The van der Waals surface area contributed by atoms with Crippen molar-refractivity contribution < 1.29 is 13.2 Å². The molecule has 2 N–H and O–H groups in total. The Morgan fingerprint density at radius 2 is 2.24 bits per heavy atom. The Bertz CT molecular complexity index is 726. The Balaban J connectivity index is 1.73. The molecule has 1 unspecified atom stereocenters. The van der Waals surface area contributed by atoms with Crippen LogP contribution in [0.4, 0.5) is 0 Å². The Hall–Kier alpha value is -2.03. The molecule has 25 heavy (non-hydrogen) atoms. The number of rotatable bonds is 6. The molecule has 1 atom stereocenters. The van der Waals surface area contributed by atoms with Gasteiger partial charge in [-0.25, -0.2) is 8.42 Å². The number of aromatic nitrogens is 1. The maximum absolute atomic E-state index is 11.9. The van der Waals surface area contributed by atoms with Crippen molar-refractivity contribution in [1.29, 1.82) is 0 Å². The first-order valence-corrected chi connectivity index (χ1v) is 10.1. The maximum atomic E-state index is 11.9. The average molecular weight is 369 g/mol. The second-order valence-corrected chi connectivity index (χ2v) is 8.59. The van der Waals surface area contributed by atoms with Crippen LogP contribution in [-0.4, -0.2) is 67.9 Å². The largest absolute Gasteiger partial charge is 0.356 e. The number of guanidine groups is 1. The van der Waals surface area contributed by atoms with Crippen molar-refractivity contribution in [1.82, 2.24) is 20.1 Å².